The monoisotopic (exact) mass is 475 g/mol. The zero-order valence-corrected chi connectivity index (χ0v) is 18.7. The van der Waals surface area contributed by atoms with Crippen LogP contribution in [0, 0.1) is 11.7 Å². The first-order chi connectivity index (χ1) is 16.0. The highest BCUT2D eigenvalue weighted by molar-refractivity contribution is 6.30. The Morgan fingerprint density at radius 1 is 1.36 bits per heavy atom. The Balaban J connectivity index is 1.52. The first-order valence-electron chi connectivity index (χ1n) is 10.5. The number of halogens is 2. The van der Waals surface area contributed by atoms with Crippen molar-refractivity contribution >= 4 is 29.2 Å². The number of rotatable bonds is 6. The molecule has 174 valence electrons. The summed E-state index contributed by atoms with van der Waals surface area (Å²) < 4.78 is 25.5. The van der Waals surface area contributed by atoms with E-state index in [0.29, 0.717) is 47.8 Å². The van der Waals surface area contributed by atoms with E-state index in [-0.39, 0.29) is 29.8 Å². The van der Waals surface area contributed by atoms with Crippen LogP contribution in [-0.2, 0) is 14.4 Å². The lowest BCUT2D eigenvalue weighted by molar-refractivity contribution is -0.140. The molecule has 2 aliphatic rings. The van der Waals surface area contributed by atoms with Gasteiger partial charge in [-0.2, -0.15) is 0 Å². The van der Waals surface area contributed by atoms with Gasteiger partial charge in [0.2, 0.25) is 0 Å². The number of ether oxygens (including phenoxy) is 2. The van der Waals surface area contributed by atoms with Crippen LogP contribution in [0.3, 0.4) is 0 Å². The minimum atomic E-state index is -0.517. The van der Waals surface area contributed by atoms with Gasteiger partial charge in [0.05, 0.1) is 36.8 Å². The molecule has 2 N–H and O–H groups in total. The number of methoxy groups -OCH3 is 1. The second kappa shape index (κ2) is 10.3. The molecule has 33 heavy (non-hydrogen) atoms. The summed E-state index contributed by atoms with van der Waals surface area (Å²) in [5.74, 6) is -1.19. The summed E-state index contributed by atoms with van der Waals surface area (Å²) in [6.07, 6.45) is -0.414. The van der Waals surface area contributed by atoms with Gasteiger partial charge < -0.3 is 24.9 Å². The van der Waals surface area contributed by atoms with Gasteiger partial charge in [-0.05, 0) is 29.8 Å². The Labute approximate surface area is 195 Å². The third-order valence-corrected chi connectivity index (χ3v) is 5.86. The van der Waals surface area contributed by atoms with Crippen molar-refractivity contribution in [3.8, 4) is 5.75 Å². The molecule has 2 aliphatic heterocycles. The predicted octanol–water partition coefficient (Wildman–Crippen LogP) is 2.85. The Morgan fingerprint density at radius 3 is 2.94 bits per heavy atom. The molecule has 4 rings (SSSR count). The smallest absolute Gasteiger partial charge is 0.341 e. The normalized spacial score (nSPS) is 20.6. The first-order valence-corrected chi connectivity index (χ1v) is 10.8. The van der Waals surface area contributed by atoms with Crippen LogP contribution in [0.5, 0.6) is 5.75 Å². The molecule has 0 spiro atoms. The molecule has 1 saturated heterocycles. The highest BCUT2D eigenvalue weighted by atomic mass is 35.5. The predicted molar refractivity (Wildman–Crippen MR) is 119 cm³/mol. The highest BCUT2D eigenvalue weighted by Crippen LogP contribution is 2.30. The van der Waals surface area contributed by atoms with Crippen LogP contribution in [0.2, 0.25) is 5.02 Å². The minimum absolute atomic E-state index is 0.00580. The molecule has 0 saturated carbocycles. The molecular formula is C23H23ClFN3O5. The number of carbonyl (C=O) groups excluding carboxylic acids is 2. The lowest BCUT2D eigenvalue weighted by atomic mass is 9.95. The summed E-state index contributed by atoms with van der Waals surface area (Å²) in [4.78, 5) is 29.2. The molecular weight excluding hydrogens is 453 g/mol. The van der Waals surface area contributed by atoms with Crippen LogP contribution < -0.4 is 15.4 Å². The van der Waals surface area contributed by atoms with Crippen molar-refractivity contribution in [2.24, 2.45) is 11.1 Å². The van der Waals surface area contributed by atoms with Crippen molar-refractivity contribution in [3.63, 3.8) is 0 Å². The van der Waals surface area contributed by atoms with E-state index in [4.69, 9.17) is 21.1 Å². The van der Waals surface area contributed by atoms with E-state index in [2.05, 4.69) is 20.6 Å². The van der Waals surface area contributed by atoms with Crippen LogP contribution in [0.4, 0.5) is 4.39 Å². The Hall–Kier alpha value is -3.01. The maximum Gasteiger partial charge on any atom is 0.341 e. The Morgan fingerprint density at radius 2 is 2.21 bits per heavy atom. The van der Waals surface area contributed by atoms with E-state index in [1.807, 2.05) is 0 Å². The van der Waals surface area contributed by atoms with E-state index in [0.717, 1.165) is 0 Å². The van der Waals surface area contributed by atoms with Gasteiger partial charge in [0.25, 0.3) is 5.91 Å². The van der Waals surface area contributed by atoms with Crippen molar-refractivity contribution in [3.05, 3.63) is 63.9 Å². The molecule has 1 amide bonds. The molecule has 10 heteroatoms. The summed E-state index contributed by atoms with van der Waals surface area (Å²) in [6.45, 7) is 1.95. The van der Waals surface area contributed by atoms with E-state index < -0.39 is 17.9 Å². The lowest BCUT2D eigenvalue weighted by Crippen LogP contribution is -2.36. The zero-order valence-electron chi connectivity index (χ0n) is 17.9. The molecule has 8 nitrogen and oxygen atoms in total. The van der Waals surface area contributed by atoms with Crippen LogP contribution >= 0.6 is 11.6 Å². The zero-order chi connectivity index (χ0) is 23.4. The van der Waals surface area contributed by atoms with Crippen molar-refractivity contribution in [1.82, 2.24) is 10.6 Å². The molecule has 0 aliphatic carbocycles. The maximum absolute atomic E-state index is 14.0. The second-order valence-electron chi connectivity index (χ2n) is 7.70. The average Bonchev–Trinajstić information content (AvgIpc) is 3.11. The fourth-order valence-corrected chi connectivity index (χ4v) is 4.08. The maximum atomic E-state index is 14.0. The number of carbonyl (C=O) groups is 2. The Kier molecular flexibility index (Phi) is 7.22. The number of hydrogen-bond donors (Lipinski definition) is 2. The number of para-hydroxylation sites is 1. The molecule has 2 heterocycles. The van der Waals surface area contributed by atoms with Gasteiger partial charge in [0.15, 0.2) is 0 Å². The molecule has 2 aromatic carbocycles. The fraction of sp³-hybridized carbons (Fsp3) is 0.348. The molecule has 2 aromatic rings. The van der Waals surface area contributed by atoms with Crippen molar-refractivity contribution in [2.75, 3.05) is 33.4 Å². The summed E-state index contributed by atoms with van der Waals surface area (Å²) in [6, 6.07) is 9.63. The second-order valence-corrected chi connectivity index (χ2v) is 8.11. The van der Waals surface area contributed by atoms with Gasteiger partial charge in [-0.25, -0.2) is 9.18 Å². The molecule has 0 radical (unpaired) electrons. The molecule has 0 aromatic heterocycles. The van der Waals surface area contributed by atoms with Gasteiger partial charge in [-0.1, -0.05) is 28.9 Å². The Bertz CT molecular complexity index is 1090. The minimum Gasteiger partial charge on any atom is -0.495 e. The third-order valence-electron chi connectivity index (χ3n) is 5.55. The van der Waals surface area contributed by atoms with Gasteiger partial charge in [-0.3, -0.25) is 4.79 Å². The number of benzene rings is 2. The average molecular weight is 476 g/mol. The van der Waals surface area contributed by atoms with Crippen molar-refractivity contribution < 1.29 is 28.3 Å². The third kappa shape index (κ3) is 5.16. The van der Waals surface area contributed by atoms with Crippen molar-refractivity contribution in [1.29, 1.82) is 0 Å². The van der Waals surface area contributed by atoms with Crippen LogP contribution in [0.15, 0.2) is 41.6 Å². The number of nitrogens with zero attached hydrogens (tertiary/aromatic N) is 1. The quantitative estimate of drug-likeness (QED) is 0.623. The summed E-state index contributed by atoms with van der Waals surface area (Å²) in [5, 5.41) is 10.0. The standard InChI is InChI=1S/C23H23ClFN3O5/c1-31-22-15(19-10-20(29)33-28-19)3-2-4-16(22)23(30)27-12-14-11-26-7-8-32-21(14)13-5-6-17(24)18(25)9-13/h2-6,9,14,21,26H,7-8,10-12H2,1H3,(H,27,30)/t14-,21-/m0/s1. The van der Waals surface area contributed by atoms with Crippen LogP contribution in [0.25, 0.3) is 0 Å². The summed E-state index contributed by atoms with van der Waals surface area (Å²) in [5.41, 5.74) is 1.87. The van der Waals surface area contributed by atoms with E-state index in [1.165, 1.54) is 19.2 Å². The molecule has 0 bridgehead atoms. The van der Waals surface area contributed by atoms with Crippen LogP contribution in [0.1, 0.15) is 34.0 Å². The molecule has 1 fully saturated rings. The molecule has 0 unspecified atom stereocenters. The number of nitrogens with one attached hydrogen (secondary N) is 2. The number of oxime groups is 1. The summed E-state index contributed by atoms with van der Waals surface area (Å²) in [7, 11) is 1.45. The van der Waals surface area contributed by atoms with Crippen molar-refractivity contribution in [2.45, 2.75) is 12.5 Å². The summed E-state index contributed by atoms with van der Waals surface area (Å²) >= 11 is 5.82. The highest BCUT2D eigenvalue weighted by Gasteiger charge is 2.29. The first kappa shape index (κ1) is 23.2. The van der Waals surface area contributed by atoms with Gasteiger partial charge in [0.1, 0.15) is 17.3 Å². The largest absolute Gasteiger partial charge is 0.495 e. The van der Waals surface area contributed by atoms with E-state index >= 15 is 0 Å². The van der Waals surface area contributed by atoms with Gasteiger partial charge in [-0.15, -0.1) is 0 Å². The van der Waals surface area contributed by atoms with Gasteiger partial charge in [0, 0.05) is 31.1 Å². The number of amides is 1. The SMILES string of the molecule is COc1c(C(=O)NC[C@@H]2CNCCO[C@H]2c2ccc(Cl)c(F)c2)cccc1C1=NOC(=O)C1. The van der Waals surface area contributed by atoms with Crippen LogP contribution in [-0.4, -0.2) is 50.9 Å². The number of hydrogen-bond acceptors (Lipinski definition) is 7. The topological polar surface area (TPSA) is 98.2 Å². The van der Waals surface area contributed by atoms with E-state index in [1.54, 1.807) is 24.3 Å². The molecule has 2 atom stereocenters. The van der Waals surface area contributed by atoms with Gasteiger partial charge >= 0.3 is 5.97 Å². The lowest BCUT2D eigenvalue weighted by Gasteiger charge is -2.26. The fourth-order valence-electron chi connectivity index (χ4n) is 3.96. The van der Waals surface area contributed by atoms with E-state index in [9.17, 15) is 14.0 Å².